The number of anilines is 1. The van der Waals surface area contributed by atoms with Crippen LogP contribution >= 0.6 is 0 Å². The number of nitrogens with two attached hydrogens (primary N) is 1. The molecule has 0 fully saturated rings. The van der Waals surface area contributed by atoms with Gasteiger partial charge in [-0.25, -0.2) is 17.5 Å². The summed E-state index contributed by atoms with van der Waals surface area (Å²) in [5.41, 5.74) is 6.02. The van der Waals surface area contributed by atoms with E-state index in [0.29, 0.717) is 12.8 Å². The largest absolute Gasteiger partial charge is 0.399 e. The van der Waals surface area contributed by atoms with E-state index in [1.807, 2.05) is 12.2 Å². The number of nitrogen functional groups attached to an aromatic ring is 1. The van der Waals surface area contributed by atoms with Crippen LogP contribution in [-0.4, -0.2) is 14.5 Å². The lowest BCUT2D eigenvalue weighted by atomic mass is 10.2. The fraction of sp³-hybridized carbons (Fsp3) is 0.333. The second kappa shape index (κ2) is 4.70. The molecular weight excluding hydrogens is 255 g/mol. The Balaban J connectivity index is 2.34. The molecule has 0 aliphatic heterocycles. The zero-order valence-electron chi connectivity index (χ0n) is 9.98. The zero-order chi connectivity index (χ0) is 13.3. The molecule has 0 radical (unpaired) electrons. The first kappa shape index (κ1) is 13.0. The van der Waals surface area contributed by atoms with Crippen molar-refractivity contribution >= 4 is 15.7 Å². The Morgan fingerprint density at radius 3 is 2.56 bits per heavy atom. The van der Waals surface area contributed by atoms with E-state index in [1.165, 1.54) is 13.0 Å². The number of sulfonamides is 1. The highest BCUT2D eigenvalue weighted by molar-refractivity contribution is 7.89. The minimum Gasteiger partial charge on any atom is -0.399 e. The fourth-order valence-corrected chi connectivity index (χ4v) is 3.40. The average molecular weight is 270 g/mol. The lowest BCUT2D eigenvalue weighted by molar-refractivity contribution is 0.538. The molecule has 1 aliphatic rings. The van der Waals surface area contributed by atoms with Gasteiger partial charge in [0.15, 0.2) is 0 Å². The molecule has 6 heteroatoms. The Kier molecular flexibility index (Phi) is 3.41. The summed E-state index contributed by atoms with van der Waals surface area (Å²) in [5.74, 6) is -0.748. The van der Waals surface area contributed by atoms with Gasteiger partial charge in [-0.1, -0.05) is 12.2 Å². The monoisotopic (exact) mass is 270 g/mol. The Labute approximate surface area is 106 Å². The van der Waals surface area contributed by atoms with Gasteiger partial charge in [0.1, 0.15) is 10.7 Å². The maximum absolute atomic E-state index is 13.9. The van der Waals surface area contributed by atoms with Gasteiger partial charge in [-0.3, -0.25) is 0 Å². The first-order chi connectivity index (χ1) is 8.40. The van der Waals surface area contributed by atoms with Crippen LogP contribution in [0.15, 0.2) is 29.2 Å². The number of hydrogen-bond donors (Lipinski definition) is 2. The quantitative estimate of drug-likeness (QED) is 0.649. The maximum Gasteiger partial charge on any atom is 0.243 e. The fourth-order valence-electron chi connectivity index (χ4n) is 1.96. The van der Waals surface area contributed by atoms with Gasteiger partial charge in [0.2, 0.25) is 10.0 Å². The SMILES string of the molecule is Cc1cc(N)cc(S(=O)(=O)NC2CC=CC2)c1F. The number of hydrogen-bond acceptors (Lipinski definition) is 3. The minimum absolute atomic E-state index is 0.198. The summed E-state index contributed by atoms with van der Waals surface area (Å²) in [6.07, 6.45) is 5.05. The van der Waals surface area contributed by atoms with Crippen molar-refractivity contribution in [2.45, 2.75) is 30.7 Å². The Bertz CT molecular complexity index is 588. The number of rotatable bonds is 3. The predicted molar refractivity (Wildman–Crippen MR) is 68.0 cm³/mol. The highest BCUT2D eigenvalue weighted by Crippen LogP contribution is 2.23. The molecule has 1 aromatic carbocycles. The maximum atomic E-state index is 13.9. The van der Waals surface area contributed by atoms with Crippen LogP contribution in [0, 0.1) is 12.7 Å². The predicted octanol–water partition coefficient (Wildman–Crippen LogP) is 1.71. The van der Waals surface area contributed by atoms with Crippen molar-refractivity contribution in [3.63, 3.8) is 0 Å². The third kappa shape index (κ3) is 2.54. The number of benzene rings is 1. The number of halogens is 1. The van der Waals surface area contributed by atoms with Crippen molar-refractivity contribution in [2.75, 3.05) is 5.73 Å². The molecule has 0 aromatic heterocycles. The Hall–Kier alpha value is -1.40. The number of aryl methyl sites for hydroxylation is 1. The summed E-state index contributed by atoms with van der Waals surface area (Å²) in [6, 6.07) is 2.36. The van der Waals surface area contributed by atoms with Crippen molar-refractivity contribution in [3.8, 4) is 0 Å². The highest BCUT2D eigenvalue weighted by atomic mass is 32.2. The van der Waals surface area contributed by atoms with E-state index < -0.39 is 15.8 Å². The van der Waals surface area contributed by atoms with Gasteiger partial charge in [0.25, 0.3) is 0 Å². The normalized spacial score (nSPS) is 16.3. The Morgan fingerprint density at radius 2 is 1.94 bits per heavy atom. The molecule has 0 bridgehead atoms. The molecule has 0 amide bonds. The second-order valence-corrected chi connectivity index (χ2v) is 6.09. The molecule has 0 saturated carbocycles. The van der Waals surface area contributed by atoms with Crippen LogP contribution in [0.1, 0.15) is 18.4 Å². The first-order valence-corrected chi connectivity index (χ1v) is 7.11. The van der Waals surface area contributed by atoms with Gasteiger partial charge < -0.3 is 5.73 Å². The van der Waals surface area contributed by atoms with E-state index in [-0.39, 0.29) is 22.2 Å². The van der Waals surface area contributed by atoms with Crippen LogP contribution in [-0.2, 0) is 10.0 Å². The van der Waals surface area contributed by atoms with Crippen molar-refractivity contribution < 1.29 is 12.8 Å². The standard InChI is InChI=1S/C12H15FN2O2S/c1-8-6-9(14)7-11(12(8)13)18(16,17)15-10-4-2-3-5-10/h2-3,6-7,10,15H,4-5,14H2,1H3. The molecule has 1 aliphatic carbocycles. The van der Waals surface area contributed by atoms with Crippen LogP contribution in [0.5, 0.6) is 0 Å². The third-order valence-corrected chi connectivity index (χ3v) is 4.38. The summed E-state index contributed by atoms with van der Waals surface area (Å²) >= 11 is 0. The summed E-state index contributed by atoms with van der Waals surface area (Å²) in [5, 5.41) is 0. The molecule has 0 atom stereocenters. The van der Waals surface area contributed by atoms with Gasteiger partial charge >= 0.3 is 0 Å². The van der Waals surface area contributed by atoms with E-state index in [2.05, 4.69) is 4.72 Å². The lowest BCUT2D eigenvalue weighted by Gasteiger charge is -2.14. The molecule has 2 rings (SSSR count). The lowest BCUT2D eigenvalue weighted by Crippen LogP contribution is -2.33. The Morgan fingerprint density at radius 1 is 1.33 bits per heavy atom. The summed E-state index contributed by atoms with van der Waals surface area (Å²) in [4.78, 5) is -0.383. The molecule has 0 saturated heterocycles. The summed E-state index contributed by atoms with van der Waals surface area (Å²) < 4.78 is 40.5. The smallest absolute Gasteiger partial charge is 0.243 e. The molecule has 1 aromatic rings. The van der Waals surface area contributed by atoms with Gasteiger partial charge in [-0.05, 0) is 37.5 Å². The molecular formula is C12H15FN2O2S. The third-order valence-electron chi connectivity index (χ3n) is 2.86. The number of nitrogens with one attached hydrogen (secondary N) is 1. The van der Waals surface area contributed by atoms with Gasteiger partial charge in [-0.2, -0.15) is 0 Å². The highest BCUT2D eigenvalue weighted by Gasteiger charge is 2.24. The van der Waals surface area contributed by atoms with Gasteiger partial charge in [0, 0.05) is 11.7 Å². The van der Waals surface area contributed by atoms with E-state index in [0.717, 1.165) is 6.07 Å². The first-order valence-electron chi connectivity index (χ1n) is 5.63. The molecule has 18 heavy (non-hydrogen) atoms. The zero-order valence-corrected chi connectivity index (χ0v) is 10.8. The molecule has 0 heterocycles. The molecule has 98 valence electrons. The van der Waals surface area contributed by atoms with Crippen molar-refractivity contribution in [3.05, 3.63) is 35.7 Å². The van der Waals surface area contributed by atoms with E-state index in [1.54, 1.807) is 0 Å². The summed E-state index contributed by atoms with van der Waals surface area (Å²) in [7, 11) is -3.86. The molecule has 4 nitrogen and oxygen atoms in total. The van der Waals surface area contributed by atoms with E-state index in [9.17, 15) is 12.8 Å². The second-order valence-electron chi connectivity index (χ2n) is 4.41. The topological polar surface area (TPSA) is 72.2 Å². The van der Waals surface area contributed by atoms with Crippen LogP contribution in [0.25, 0.3) is 0 Å². The van der Waals surface area contributed by atoms with Gasteiger partial charge in [0.05, 0.1) is 0 Å². The van der Waals surface area contributed by atoms with E-state index >= 15 is 0 Å². The molecule has 0 spiro atoms. The van der Waals surface area contributed by atoms with Crippen LogP contribution in [0.4, 0.5) is 10.1 Å². The minimum atomic E-state index is -3.86. The van der Waals surface area contributed by atoms with Crippen molar-refractivity contribution in [1.82, 2.24) is 4.72 Å². The molecule has 0 unspecified atom stereocenters. The van der Waals surface area contributed by atoms with Crippen molar-refractivity contribution in [1.29, 1.82) is 0 Å². The van der Waals surface area contributed by atoms with E-state index in [4.69, 9.17) is 5.73 Å². The van der Waals surface area contributed by atoms with Crippen LogP contribution in [0.3, 0.4) is 0 Å². The molecule has 3 N–H and O–H groups in total. The van der Waals surface area contributed by atoms with Gasteiger partial charge in [-0.15, -0.1) is 0 Å². The average Bonchev–Trinajstić information content (AvgIpc) is 2.75. The van der Waals surface area contributed by atoms with Crippen LogP contribution < -0.4 is 10.5 Å². The van der Waals surface area contributed by atoms with Crippen LogP contribution in [0.2, 0.25) is 0 Å². The summed E-state index contributed by atoms with van der Waals surface area (Å²) in [6.45, 7) is 1.49. The van der Waals surface area contributed by atoms with Crippen molar-refractivity contribution in [2.24, 2.45) is 0 Å².